The molecular formula is C38H54N4O10S. The molecule has 15 heteroatoms. The van der Waals surface area contributed by atoms with Crippen molar-refractivity contribution in [2.24, 2.45) is 0 Å². The van der Waals surface area contributed by atoms with Crippen LogP contribution in [0.15, 0.2) is 54.6 Å². The van der Waals surface area contributed by atoms with Crippen molar-refractivity contribution >= 4 is 46.6 Å². The van der Waals surface area contributed by atoms with Crippen molar-refractivity contribution in [2.45, 2.75) is 103 Å². The van der Waals surface area contributed by atoms with Crippen molar-refractivity contribution in [3.63, 3.8) is 0 Å². The Balaban J connectivity index is 2.36. The van der Waals surface area contributed by atoms with Crippen LogP contribution in [0.2, 0.25) is 0 Å². The molecule has 0 fully saturated rings. The predicted molar refractivity (Wildman–Crippen MR) is 200 cm³/mol. The minimum absolute atomic E-state index is 0.0307. The fraction of sp³-hybridized carbons (Fsp3) is 0.526. The van der Waals surface area contributed by atoms with Gasteiger partial charge >= 0.3 is 18.0 Å². The van der Waals surface area contributed by atoms with Gasteiger partial charge in [-0.25, -0.2) is 4.79 Å². The first kappa shape index (κ1) is 44.4. The number of esters is 2. The van der Waals surface area contributed by atoms with Gasteiger partial charge in [-0.2, -0.15) is 0 Å². The molecule has 0 aliphatic carbocycles. The first-order valence-electron chi connectivity index (χ1n) is 17.3. The zero-order chi connectivity index (χ0) is 39.9. The molecule has 0 heterocycles. The average Bonchev–Trinajstić information content (AvgIpc) is 3.03. The number of benzene rings is 2. The highest BCUT2D eigenvalue weighted by molar-refractivity contribution is 7.84. The van der Waals surface area contributed by atoms with Gasteiger partial charge in [0.25, 0.3) is 0 Å². The summed E-state index contributed by atoms with van der Waals surface area (Å²) in [6.45, 7) is 11.5. The molecule has 0 bridgehead atoms. The van der Waals surface area contributed by atoms with E-state index in [2.05, 4.69) is 16.0 Å². The fourth-order valence-corrected chi connectivity index (χ4v) is 5.50. The molecule has 2 rings (SSSR count). The maximum Gasteiger partial charge on any atom is 0.408 e. The van der Waals surface area contributed by atoms with E-state index in [-0.39, 0.29) is 38.0 Å². The van der Waals surface area contributed by atoms with E-state index < -0.39 is 75.9 Å². The van der Waals surface area contributed by atoms with Crippen LogP contribution >= 0.6 is 0 Å². The summed E-state index contributed by atoms with van der Waals surface area (Å²) in [5.41, 5.74) is -0.216. The summed E-state index contributed by atoms with van der Waals surface area (Å²) in [5, 5.41) is 8.03. The van der Waals surface area contributed by atoms with Crippen LogP contribution in [0.25, 0.3) is 0 Å². The van der Waals surface area contributed by atoms with Crippen molar-refractivity contribution in [1.82, 2.24) is 20.9 Å². The Bertz CT molecular complexity index is 1590. The molecule has 0 aliphatic heterocycles. The quantitative estimate of drug-likeness (QED) is 0.160. The second-order valence-corrected chi connectivity index (χ2v) is 16.2. The van der Waals surface area contributed by atoms with Crippen LogP contribution in [0.4, 0.5) is 4.79 Å². The molecule has 0 saturated heterocycles. The van der Waals surface area contributed by atoms with E-state index in [0.717, 1.165) is 5.56 Å². The van der Waals surface area contributed by atoms with E-state index in [1.807, 2.05) is 6.07 Å². The summed E-state index contributed by atoms with van der Waals surface area (Å²) in [6.07, 6.45) is 0.562. The number of ether oxygens (including phenoxy) is 3. The van der Waals surface area contributed by atoms with E-state index in [0.29, 0.717) is 11.3 Å². The number of amides is 4. The number of likely N-dealkylation sites (N-methyl/N-ethyl adjacent to an activating group) is 1. The van der Waals surface area contributed by atoms with E-state index in [1.165, 1.54) is 25.1 Å². The summed E-state index contributed by atoms with van der Waals surface area (Å²) in [5.74, 6) is -2.56. The van der Waals surface area contributed by atoms with Gasteiger partial charge in [0.05, 0.1) is 6.42 Å². The van der Waals surface area contributed by atoms with Crippen LogP contribution in [0, 0.1) is 0 Å². The monoisotopic (exact) mass is 758 g/mol. The van der Waals surface area contributed by atoms with Gasteiger partial charge < -0.3 is 35.1 Å². The van der Waals surface area contributed by atoms with Crippen molar-refractivity contribution in [2.75, 3.05) is 25.6 Å². The number of carbonyl (C=O) groups is 6. The lowest BCUT2D eigenvalue weighted by Crippen LogP contribution is -2.58. The Morgan fingerprint density at radius 1 is 0.736 bits per heavy atom. The number of rotatable bonds is 17. The van der Waals surface area contributed by atoms with Gasteiger partial charge in [-0.05, 0) is 71.2 Å². The molecule has 0 saturated carbocycles. The largest absolute Gasteiger partial charge is 0.460 e. The maximum atomic E-state index is 13.9. The molecule has 292 valence electrons. The van der Waals surface area contributed by atoms with Crippen LogP contribution in [0.1, 0.15) is 72.4 Å². The second kappa shape index (κ2) is 20.5. The first-order valence-corrected chi connectivity index (χ1v) is 19.0. The highest BCUT2D eigenvalue weighted by Gasteiger charge is 2.32. The number of nitrogens with one attached hydrogen (secondary N) is 3. The van der Waals surface area contributed by atoms with E-state index in [1.54, 1.807) is 90.1 Å². The minimum Gasteiger partial charge on any atom is -0.460 e. The van der Waals surface area contributed by atoms with Crippen LogP contribution in [0.3, 0.4) is 0 Å². The lowest BCUT2D eigenvalue weighted by atomic mass is 10.0. The summed E-state index contributed by atoms with van der Waals surface area (Å²) in [4.78, 5) is 79.4. The summed E-state index contributed by atoms with van der Waals surface area (Å²) >= 11 is 0. The fourth-order valence-electron chi connectivity index (χ4n) is 4.93. The Morgan fingerprint density at radius 3 is 1.81 bits per heavy atom. The number of hydrogen-bond donors (Lipinski definition) is 3. The first-order chi connectivity index (χ1) is 24.6. The molecule has 2 aromatic rings. The molecule has 0 radical (unpaired) electrons. The van der Waals surface area contributed by atoms with E-state index >= 15 is 0 Å². The van der Waals surface area contributed by atoms with Crippen molar-refractivity contribution in [3.8, 4) is 5.75 Å². The lowest BCUT2D eigenvalue weighted by Gasteiger charge is -2.28. The number of carbonyl (C=O) groups excluding carboxylic acids is 6. The second-order valence-electron chi connectivity index (χ2n) is 14.6. The van der Waals surface area contributed by atoms with Crippen LogP contribution in [-0.2, 0) is 57.1 Å². The molecule has 14 nitrogen and oxygen atoms in total. The molecule has 1 unspecified atom stereocenters. The number of alkyl carbamates (subject to hydrolysis) is 1. The normalized spacial score (nSPS) is 13.7. The topological polar surface area (TPSA) is 187 Å². The molecular weight excluding hydrogens is 705 g/mol. The minimum atomic E-state index is -1.34. The molecule has 4 amide bonds. The molecule has 4 atom stereocenters. The zero-order valence-electron chi connectivity index (χ0n) is 32.1. The van der Waals surface area contributed by atoms with Crippen molar-refractivity contribution in [3.05, 3.63) is 65.7 Å². The SMILES string of the molecule is CC(=O)Oc1ccc(C[C@H](NC(=O)OC(C)(C)C)C(=O)N[C@H](CCS(C)=O)C(=O)N[C@@H](Cc2ccccc2)C(=O)N(C)CCC(=O)OC(C)(C)C)cc1. The Labute approximate surface area is 314 Å². The van der Waals surface area contributed by atoms with Crippen LogP contribution in [-0.4, -0.2) is 99.8 Å². The third-order valence-electron chi connectivity index (χ3n) is 7.30. The smallest absolute Gasteiger partial charge is 0.408 e. The van der Waals surface area contributed by atoms with Gasteiger partial charge in [-0.3, -0.25) is 28.2 Å². The van der Waals surface area contributed by atoms with Gasteiger partial charge in [0.1, 0.15) is 35.1 Å². The van der Waals surface area contributed by atoms with Crippen LogP contribution in [0.5, 0.6) is 5.75 Å². The number of hydrogen-bond acceptors (Lipinski definition) is 10. The van der Waals surface area contributed by atoms with Gasteiger partial charge in [0, 0.05) is 56.2 Å². The Hall–Kier alpha value is -4.79. The van der Waals surface area contributed by atoms with Gasteiger partial charge in [0.15, 0.2) is 0 Å². The Kier molecular flexibility index (Phi) is 17.1. The Morgan fingerprint density at radius 2 is 1.26 bits per heavy atom. The lowest BCUT2D eigenvalue weighted by molar-refractivity contribution is -0.155. The number of nitrogens with zero attached hydrogens (tertiary/aromatic N) is 1. The summed E-state index contributed by atoms with van der Waals surface area (Å²) < 4.78 is 28.0. The molecule has 0 spiro atoms. The van der Waals surface area contributed by atoms with Gasteiger partial charge in [-0.1, -0.05) is 42.5 Å². The van der Waals surface area contributed by atoms with Gasteiger partial charge in [0.2, 0.25) is 17.7 Å². The van der Waals surface area contributed by atoms with Crippen molar-refractivity contribution < 1.29 is 47.2 Å². The molecule has 0 aliphatic rings. The third kappa shape index (κ3) is 18.0. The molecule has 0 aromatic heterocycles. The standard InChI is InChI=1S/C38H54N4O10S/c1-25(43)50-28-17-15-27(16-18-28)23-30(41-36(48)52-38(5,6)7)34(46)39-29(20-22-53(9)49)33(45)40-31(24-26-13-11-10-12-14-26)35(47)42(8)21-19-32(44)51-37(2,3)4/h10-18,29-31H,19-24H2,1-9H3,(H,39,46)(H,40,45)(H,41,48)/t29-,30+,31+,53?/m1/s1. The molecule has 3 N–H and O–H groups in total. The van der Waals surface area contributed by atoms with Crippen molar-refractivity contribution in [1.29, 1.82) is 0 Å². The third-order valence-corrected chi connectivity index (χ3v) is 8.11. The van der Waals surface area contributed by atoms with Crippen LogP contribution < -0.4 is 20.7 Å². The predicted octanol–water partition coefficient (Wildman–Crippen LogP) is 3.22. The average molecular weight is 759 g/mol. The molecule has 53 heavy (non-hydrogen) atoms. The highest BCUT2D eigenvalue weighted by Crippen LogP contribution is 2.16. The van der Waals surface area contributed by atoms with E-state index in [9.17, 15) is 33.0 Å². The summed E-state index contributed by atoms with van der Waals surface area (Å²) in [6, 6.07) is 11.8. The molecule has 2 aromatic carbocycles. The highest BCUT2D eigenvalue weighted by atomic mass is 32.2. The maximum absolute atomic E-state index is 13.9. The van der Waals surface area contributed by atoms with Gasteiger partial charge in [-0.15, -0.1) is 0 Å². The summed E-state index contributed by atoms with van der Waals surface area (Å²) in [7, 11) is 0.178. The zero-order valence-corrected chi connectivity index (χ0v) is 32.9. The van der Waals surface area contributed by atoms with E-state index in [4.69, 9.17) is 14.2 Å².